The third-order valence-electron chi connectivity index (χ3n) is 5.37. The van der Waals surface area contributed by atoms with Gasteiger partial charge in [-0.15, -0.1) is 22.7 Å². The van der Waals surface area contributed by atoms with Gasteiger partial charge in [0.1, 0.15) is 0 Å². The number of ketones is 1. The minimum atomic E-state index is -0.0785. The van der Waals surface area contributed by atoms with Gasteiger partial charge in [0.05, 0.1) is 20.3 Å². The summed E-state index contributed by atoms with van der Waals surface area (Å²) in [5.74, 6) is 1.02. The van der Waals surface area contributed by atoms with Gasteiger partial charge in [-0.3, -0.25) is 9.59 Å². The highest BCUT2D eigenvalue weighted by Crippen LogP contribution is 2.39. The third kappa shape index (κ3) is 4.00. The Kier molecular flexibility index (Phi) is 6.20. The number of hydrogen-bond donors (Lipinski definition) is 0. The van der Waals surface area contributed by atoms with Gasteiger partial charge in [-0.25, -0.2) is 0 Å². The van der Waals surface area contributed by atoms with E-state index in [2.05, 4.69) is 17.5 Å². The van der Waals surface area contributed by atoms with Crippen molar-refractivity contribution in [3.8, 4) is 11.5 Å². The first-order chi connectivity index (χ1) is 14.6. The average Bonchev–Trinajstić information content (AvgIpc) is 3.47. The van der Waals surface area contributed by atoms with E-state index in [0.29, 0.717) is 23.6 Å². The summed E-state index contributed by atoms with van der Waals surface area (Å²) in [6.07, 6.45) is 1.22. The summed E-state index contributed by atoms with van der Waals surface area (Å²) in [7, 11) is 3.09. The van der Waals surface area contributed by atoms with Gasteiger partial charge in [0.15, 0.2) is 17.3 Å². The van der Waals surface area contributed by atoms with Crippen LogP contribution in [-0.2, 0) is 11.2 Å². The predicted molar refractivity (Wildman–Crippen MR) is 119 cm³/mol. The van der Waals surface area contributed by atoms with Crippen LogP contribution in [0.15, 0.2) is 47.2 Å². The molecule has 0 saturated heterocycles. The first-order valence-electron chi connectivity index (χ1n) is 9.76. The van der Waals surface area contributed by atoms with E-state index in [9.17, 15) is 9.59 Å². The number of thiophene rings is 2. The first kappa shape index (κ1) is 20.6. The summed E-state index contributed by atoms with van der Waals surface area (Å²) in [4.78, 5) is 30.3. The zero-order valence-corrected chi connectivity index (χ0v) is 18.6. The summed E-state index contributed by atoms with van der Waals surface area (Å²) in [5.41, 5.74) is 1.74. The Morgan fingerprint density at radius 3 is 2.60 bits per heavy atom. The minimum absolute atomic E-state index is 0.0130. The van der Waals surface area contributed by atoms with E-state index in [-0.39, 0.29) is 30.6 Å². The van der Waals surface area contributed by atoms with E-state index in [0.717, 1.165) is 11.3 Å². The standard InChI is InChI=1S/C23H23NO4S2/c1-27-18-7-5-15(14-19(18)28-2)17(25)6-8-22(26)24-11-9-20-16(10-13-30-20)23(24)21-4-3-12-29-21/h3-5,7,10,12-14,23H,6,8-9,11H2,1-2H3. The Morgan fingerprint density at radius 2 is 1.87 bits per heavy atom. The average molecular weight is 442 g/mol. The highest BCUT2D eigenvalue weighted by Gasteiger charge is 2.33. The van der Waals surface area contributed by atoms with Gasteiger partial charge in [-0.1, -0.05) is 6.07 Å². The molecule has 5 nitrogen and oxygen atoms in total. The number of ether oxygens (including phenoxy) is 2. The molecule has 0 N–H and O–H groups in total. The smallest absolute Gasteiger partial charge is 0.223 e. The molecule has 1 atom stereocenters. The Labute approximate surface area is 183 Å². The van der Waals surface area contributed by atoms with Crippen LogP contribution >= 0.6 is 22.7 Å². The molecule has 0 saturated carbocycles. The van der Waals surface area contributed by atoms with Gasteiger partial charge in [0.25, 0.3) is 0 Å². The van der Waals surface area contributed by atoms with Crippen LogP contribution in [0.5, 0.6) is 11.5 Å². The molecule has 1 unspecified atom stereocenters. The molecule has 0 fully saturated rings. The van der Waals surface area contributed by atoms with Crippen LogP contribution in [0, 0.1) is 0 Å². The molecule has 0 spiro atoms. The molecule has 4 rings (SSSR count). The number of Topliss-reactive ketones (excluding diaryl/α,β-unsaturated/α-hetero) is 1. The van der Waals surface area contributed by atoms with Crippen molar-refractivity contribution < 1.29 is 19.1 Å². The van der Waals surface area contributed by atoms with Crippen LogP contribution in [-0.4, -0.2) is 37.4 Å². The Balaban J connectivity index is 1.48. The molecule has 0 aliphatic carbocycles. The van der Waals surface area contributed by atoms with Gasteiger partial charge in [-0.05, 0) is 53.1 Å². The van der Waals surface area contributed by atoms with Crippen molar-refractivity contribution in [2.24, 2.45) is 0 Å². The van der Waals surface area contributed by atoms with Crippen molar-refractivity contribution in [3.05, 3.63) is 68.0 Å². The van der Waals surface area contributed by atoms with Gasteiger partial charge in [0.2, 0.25) is 5.91 Å². The van der Waals surface area contributed by atoms with E-state index >= 15 is 0 Å². The van der Waals surface area contributed by atoms with E-state index in [1.54, 1.807) is 48.0 Å². The summed E-state index contributed by atoms with van der Waals surface area (Å²) >= 11 is 3.42. The molecule has 0 radical (unpaired) electrons. The van der Waals surface area contributed by atoms with Crippen LogP contribution in [0.25, 0.3) is 0 Å². The monoisotopic (exact) mass is 441 g/mol. The summed E-state index contributed by atoms with van der Waals surface area (Å²) < 4.78 is 10.5. The molecule has 3 heterocycles. The number of nitrogens with zero attached hydrogens (tertiary/aromatic N) is 1. The lowest BCUT2D eigenvalue weighted by Crippen LogP contribution is -2.39. The fourth-order valence-electron chi connectivity index (χ4n) is 3.86. The molecule has 7 heteroatoms. The number of benzene rings is 1. The lowest BCUT2D eigenvalue weighted by atomic mass is 9.97. The van der Waals surface area contributed by atoms with Crippen molar-refractivity contribution in [3.63, 3.8) is 0 Å². The van der Waals surface area contributed by atoms with Crippen molar-refractivity contribution in [2.75, 3.05) is 20.8 Å². The second-order valence-corrected chi connectivity index (χ2v) is 9.03. The maximum Gasteiger partial charge on any atom is 0.223 e. The fraction of sp³-hybridized carbons (Fsp3) is 0.304. The van der Waals surface area contributed by atoms with Gasteiger partial charge in [-0.2, -0.15) is 0 Å². The molecule has 1 amide bonds. The normalized spacial score (nSPS) is 15.5. The van der Waals surface area contributed by atoms with Gasteiger partial charge in [0, 0.05) is 34.7 Å². The minimum Gasteiger partial charge on any atom is -0.493 e. The van der Waals surface area contributed by atoms with Crippen molar-refractivity contribution in [2.45, 2.75) is 25.3 Å². The van der Waals surface area contributed by atoms with E-state index in [4.69, 9.17) is 9.47 Å². The Bertz CT molecular complexity index is 1040. The molecule has 156 valence electrons. The van der Waals surface area contributed by atoms with Crippen LogP contribution in [0.4, 0.5) is 0 Å². The molecule has 2 aromatic heterocycles. The lowest BCUT2D eigenvalue weighted by molar-refractivity contribution is -0.133. The van der Waals surface area contributed by atoms with E-state index in [1.807, 2.05) is 16.3 Å². The number of carbonyl (C=O) groups excluding carboxylic acids is 2. The summed E-state index contributed by atoms with van der Waals surface area (Å²) in [5, 5.41) is 4.14. The molecule has 1 aliphatic rings. The zero-order valence-electron chi connectivity index (χ0n) is 16.9. The quantitative estimate of drug-likeness (QED) is 0.486. The third-order valence-corrected chi connectivity index (χ3v) is 7.29. The number of amides is 1. The predicted octanol–water partition coefficient (Wildman–Crippen LogP) is 4.96. The van der Waals surface area contributed by atoms with Gasteiger partial charge >= 0.3 is 0 Å². The fourth-order valence-corrected chi connectivity index (χ4v) is 5.62. The molecule has 1 aliphatic heterocycles. The van der Waals surface area contributed by atoms with Crippen LogP contribution < -0.4 is 9.47 Å². The Hall–Kier alpha value is -2.64. The molecular formula is C23H23NO4S2. The molecule has 0 bridgehead atoms. The van der Waals surface area contributed by atoms with Gasteiger partial charge < -0.3 is 14.4 Å². The van der Waals surface area contributed by atoms with Crippen LogP contribution in [0.2, 0.25) is 0 Å². The molecule has 3 aromatic rings. The second-order valence-electron chi connectivity index (χ2n) is 7.05. The maximum atomic E-state index is 13.1. The SMILES string of the molecule is COc1ccc(C(=O)CCC(=O)N2CCc3sccc3C2c2cccs2)cc1OC. The number of methoxy groups -OCH3 is 2. The number of fused-ring (bicyclic) bond motifs is 1. The van der Waals surface area contributed by atoms with Crippen molar-refractivity contribution >= 4 is 34.4 Å². The topological polar surface area (TPSA) is 55.8 Å². The Morgan fingerprint density at radius 1 is 1.03 bits per heavy atom. The zero-order chi connectivity index (χ0) is 21.1. The highest BCUT2D eigenvalue weighted by molar-refractivity contribution is 7.10. The first-order valence-corrected chi connectivity index (χ1v) is 11.5. The lowest BCUT2D eigenvalue weighted by Gasteiger charge is -2.35. The highest BCUT2D eigenvalue weighted by atomic mass is 32.1. The van der Waals surface area contributed by atoms with Crippen molar-refractivity contribution in [1.29, 1.82) is 0 Å². The summed E-state index contributed by atoms with van der Waals surface area (Å²) in [6.45, 7) is 0.680. The van der Waals surface area contributed by atoms with Crippen LogP contribution in [0.3, 0.4) is 0 Å². The maximum absolute atomic E-state index is 13.1. The molecule has 30 heavy (non-hydrogen) atoms. The van der Waals surface area contributed by atoms with Crippen LogP contribution in [0.1, 0.15) is 44.6 Å². The van der Waals surface area contributed by atoms with E-state index in [1.165, 1.54) is 17.6 Å². The second kappa shape index (κ2) is 9.02. The molecular weight excluding hydrogens is 418 g/mol. The number of rotatable bonds is 7. The number of hydrogen-bond acceptors (Lipinski definition) is 6. The number of carbonyl (C=O) groups is 2. The summed E-state index contributed by atoms with van der Waals surface area (Å²) in [6, 6.07) is 11.3. The largest absolute Gasteiger partial charge is 0.493 e. The molecule has 1 aromatic carbocycles. The van der Waals surface area contributed by atoms with Crippen molar-refractivity contribution in [1.82, 2.24) is 4.90 Å². The van der Waals surface area contributed by atoms with E-state index < -0.39 is 0 Å².